The lowest BCUT2D eigenvalue weighted by Gasteiger charge is -2.20. The molecule has 1 saturated carbocycles. The van der Waals surface area contributed by atoms with Gasteiger partial charge >= 0.3 is 0 Å². The number of carbonyl (C=O) groups excluding carboxylic acids is 1. The van der Waals surface area contributed by atoms with Gasteiger partial charge in [-0.1, -0.05) is 25.3 Å². The number of amides is 1. The van der Waals surface area contributed by atoms with Gasteiger partial charge in [-0.05, 0) is 50.1 Å². The summed E-state index contributed by atoms with van der Waals surface area (Å²) in [6.07, 6.45) is 7.40. The number of rotatable bonds is 11. The summed E-state index contributed by atoms with van der Waals surface area (Å²) in [4.78, 5) is 16.5. The highest BCUT2D eigenvalue weighted by Crippen LogP contribution is 2.28. The van der Waals surface area contributed by atoms with Crippen LogP contribution in [0.5, 0.6) is 5.75 Å². The Kier molecular flexibility index (Phi) is 9.04. The van der Waals surface area contributed by atoms with E-state index in [1.54, 1.807) is 26.2 Å². The minimum absolute atomic E-state index is 0.319. The topological polar surface area (TPSA) is 98.5 Å². The fraction of sp³-hybridized carbons (Fsp3) is 0.565. The predicted octanol–water partition coefficient (Wildman–Crippen LogP) is 4.15. The van der Waals surface area contributed by atoms with Crippen LogP contribution in [-0.4, -0.2) is 49.7 Å². The van der Waals surface area contributed by atoms with Crippen molar-refractivity contribution in [3.05, 3.63) is 35.7 Å². The van der Waals surface area contributed by atoms with E-state index in [1.165, 1.54) is 32.1 Å². The first kappa shape index (κ1) is 24.6. The van der Waals surface area contributed by atoms with Gasteiger partial charge in [0.25, 0.3) is 0 Å². The van der Waals surface area contributed by atoms with Crippen molar-refractivity contribution in [1.82, 2.24) is 10.3 Å². The van der Waals surface area contributed by atoms with Crippen LogP contribution in [0.1, 0.15) is 50.0 Å². The highest BCUT2D eigenvalue weighted by molar-refractivity contribution is 7.99. The Bertz CT molecular complexity index is 998. The first-order valence-corrected chi connectivity index (χ1v) is 13.9. The third-order valence-electron chi connectivity index (χ3n) is 5.47. The predicted molar refractivity (Wildman–Crippen MR) is 128 cm³/mol. The third kappa shape index (κ3) is 7.55. The fourth-order valence-electron chi connectivity index (χ4n) is 3.73. The van der Waals surface area contributed by atoms with E-state index in [0.29, 0.717) is 35.2 Å². The van der Waals surface area contributed by atoms with Crippen molar-refractivity contribution >= 4 is 27.5 Å². The number of methoxy groups -OCH3 is 1. The summed E-state index contributed by atoms with van der Waals surface area (Å²) in [6.45, 7) is 2.17. The summed E-state index contributed by atoms with van der Waals surface area (Å²) in [5, 5.41) is 3.47. The molecule has 1 aliphatic rings. The lowest BCUT2D eigenvalue weighted by atomic mass is 10.0. The maximum atomic E-state index is 12.5. The molecule has 0 aliphatic heterocycles. The molecule has 0 radical (unpaired) electrons. The number of hydrogen-bond acceptors (Lipinski definition) is 7. The van der Waals surface area contributed by atoms with E-state index in [9.17, 15) is 13.2 Å². The minimum atomic E-state index is -3.66. The molecule has 3 rings (SSSR count). The number of sulfone groups is 1. The second-order valence-corrected chi connectivity index (χ2v) is 11.6. The first-order chi connectivity index (χ1) is 15.4. The summed E-state index contributed by atoms with van der Waals surface area (Å²) in [5.41, 5.74) is 1.01. The molecule has 9 heteroatoms. The zero-order valence-corrected chi connectivity index (χ0v) is 20.4. The van der Waals surface area contributed by atoms with Gasteiger partial charge in [0.15, 0.2) is 9.84 Å². The molecule has 0 spiro atoms. The minimum Gasteiger partial charge on any atom is -0.497 e. The lowest BCUT2D eigenvalue weighted by molar-refractivity contribution is -0.118. The smallest absolute Gasteiger partial charge is 0.235 e. The molecule has 2 aromatic rings. The lowest BCUT2D eigenvalue weighted by Crippen LogP contribution is -2.32. The fourth-order valence-corrected chi connectivity index (χ4v) is 6.33. The number of nitrogens with zero attached hydrogens (tertiary/aromatic N) is 1. The van der Waals surface area contributed by atoms with Crippen molar-refractivity contribution in [2.75, 3.05) is 25.2 Å². The number of ether oxygens (including phenoxy) is 1. The molecular formula is C23H32N2O5S2. The van der Waals surface area contributed by atoms with Crippen LogP contribution < -0.4 is 10.1 Å². The maximum Gasteiger partial charge on any atom is 0.235 e. The van der Waals surface area contributed by atoms with Crippen molar-refractivity contribution in [2.45, 2.75) is 56.5 Å². The zero-order valence-electron chi connectivity index (χ0n) is 18.8. The number of carbonyl (C=O) groups is 1. The van der Waals surface area contributed by atoms with Crippen molar-refractivity contribution in [2.24, 2.45) is 0 Å². The molecule has 1 aromatic heterocycles. The van der Waals surface area contributed by atoms with Crippen LogP contribution in [0, 0.1) is 6.92 Å². The van der Waals surface area contributed by atoms with Crippen molar-refractivity contribution in [3.63, 3.8) is 0 Å². The summed E-state index contributed by atoms with van der Waals surface area (Å²) in [6, 6.07) is 7.19. The number of aromatic nitrogens is 1. The number of hydrogen-bond donors (Lipinski definition) is 1. The van der Waals surface area contributed by atoms with Gasteiger partial charge in [-0.25, -0.2) is 13.4 Å². The Labute approximate surface area is 194 Å². The van der Waals surface area contributed by atoms with Gasteiger partial charge in [0, 0.05) is 17.4 Å². The van der Waals surface area contributed by atoms with Gasteiger partial charge in [-0.3, -0.25) is 4.79 Å². The molecule has 1 aromatic carbocycles. The Morgan fingerprint density at radius 2 is 2.06 bits per heavy atom. The van der Waals surface area contributed by atoms with Crippen LogP contribution >= 0.6 is 11.8 Å². The van der Waals surface area contributed by atoms with Gasteiger partial charge < -0.3 is 14.5 Å². The summed E-state index contributed by atoms with van der Waals surface area (Å²) >= 11 is 1.97. The van der Waals surface area contributed by atoms with Crippen LogP contribution in [0.2, 0.25) is 0 Å². The summed E-state index contributed by atoms with van der Waals surface area (Å²) in [7, 11) is -2.09. The number of nitrogens with one attached hydrogen (secondary N) is 1. The molecule has 0 bridgehead atoms. The van der Waals surface area contributed by atoms with Gasteiger partial charge in [-0.2, -0.15) is 11.8 Å². The molecule has 176 valence electrons. The van der Waals surface area contributed by atoms with Crippen LogP contribution in [0.4, 0.5) is 0 Å². The van der Waals surface area contributed by atoms with E-state index in [1.807, 2.05) is 23.9 Å². The average Bonchev–Trinajstić information content (AvgIpc) is 3.13. The van der Waals surface area contributed by atoms with Crippen LogP contribution in [-0.2, 0) is 20.4 Å². The molecule has 1 fully saturated rings. The number of benzene rings is 1. The molecule has 1 N–H and O–H groups in total. The highest BCUT2D eigenvalue weighted by Gasteiger charge is 2.22. The molecule has 1 amide bonds. The normalized spacial score (nSPS) is 14.9. The molecule has 7 nitrogen and oxygen atoms in total. The van der Waals surface area contributed by atoms with Crippen molar-refractivity contribution in [3.8, 4) is 17.2 Å². The molecule has 32 heavy (non-hydrogen) atoms. The maximum absolute atomic E-state index is 12.5. The molecule has 1 heterocycles. The number of thioether (sulfide) groups is 1. The Morgan fingerprint density at radius 3 is 2.81 bits per heavy atom. The van der Waals surface area contributed by atoms with E-state index in [-0.39, 0.29) is 5.75 Å². The van der Waals surface area contributed by atoms with Gasteiger partial charge in [0.1, 0.15) is 17.3 Å². The monoisotopic (exact) mass is 480 g/mol. The van der Waals surface area contributed by atoms with E-state index >= 15 is 0 Å². The average molecular weight is 481 g/mol. The highest BCUT2D eigenvalue weighted by atomic mass is 32.2. The summed E-state index contributed by atoms with van der Waals surface area (Å²) < 4.78 is 35.9. The Hall–Kier alpha value is -2.00. The standard InChI is InChI=1S/C23H32N2O5S2/c1-17-21(25-23(30-17)18-8-6-9-19(14-18)29-2)15-32(27,28)16-22(26)24-12-7-13-31-20-10-4-3-5-11-20/h6,8-9,14,20H,3-5,7,10-13,15-16H2,1-2H3,(H,24,26). The van der Waals surface area contributed by atoms with Crippen LogP contribution in [0.25, 0.3) is 11.5 Å². The van der Waals surface area contributed by atoms with Gasteiger partial charge in [-0.15, -0.1) is 0 Å². The third-order valence-corrected chi connectivity index (χ3v) is 8.35. The number of oxazole rings is 1. The van der Waals surface area contributed by atoms with Gasteiger partial charge in [0.2, 0.25) is 11.8 Å². The van der Waals surface area contributed by atoms with Crippen LogP contribution in [0.3, 0.4) is 0 Å². The van der Waals surface area contributed by atoms with E-state index < -0.39 is 21.5 Å². The van der Waals surface area contributed by atoms with Crippen molar-refractivity contribution < 1.29 is 22.4 Å². The first-order valence-electron chi connectivity index (χ1n) is 11.1. The molecule has 0 saturated heterocycles. The van der Waals surface area contributed by atoms with E-state index in [2.05, 4.69) is 10.3 Å². The summed E-state index contributed by atoms with van der Waals surface area (Å²) in [5.74, 6) is 1.03. The quantitative estimate of drug-likeness (QED) is 0.483. The molecule has 1 aliphatic carbocycles. The Morgan fingerprint density at radius 1 is 1.28 bits per heavy atom. The second kappa shape index (κ2) is 11.7. The number of aryl methyl sites for hydroxylation is 1. The van der Waals surface area contributed by atoms with E-state index in [4.69, 9.17) is 9.15 Å². The zero-order chi connectivity index (χ0) is 23.0. The SMILES string of the molecule is COc1cccc(-c2nc(CS(=O)(=O)CC(=O)NCCCSC3CCCCC3)c(C)o2)c1. The molecule has 0 unspecified atom stereocenters. The van der Waals surface area contributed by atoms with Gasteiger partial charge in [0.05, 0.1) is 18.6 Å². The van der Waals surface area contributed by atoms with Crippen molar-refractivity contribution in [1.29, 1.82) is 0 Å². The molecular weight excluding hydrogens is 448 g/mol. The van der Waals surface area contributed by atoms with Crippen LogP contribution in [0.15, 0.2) is 28.7 Å². The largest absolute Gasteiger partial charge is 0.497 e. The molecule has 0 atom stereocenters. The second-order valence-electron chi connectivity index (χ2n) is 8.12. The van der Waals surface area contributed by atoms with E-state index in [0.717, 1.165) is 17.4 Å². The Balaban J connectivity index is 1.46.